The highest BCUT2D eigenvalue weighted by Gasteiger charge is 2.45. The van der Waals surface area contributed by atoms with E-state index in [1.54, 1.807) is 0 Å². The van der Waals surface area contributed by atoms with Crippen LogP contribution in [0.3, 0.4) is 0 Å². The summed E-state index contributed by atoms with van der Waals surface area (Å²) >= 11 is 0. The predicted octanol–water partition coefficient (Wildman–Crippen LogP) is 2.64. The minimum Gasteiger partial charge on any atom is -0.344 e. The summed E-state index contributed by atoms with van der Waals surface area (Å²) in [6, 6.07) is 0. The van der Waals surface area contributed by atoms with E-state index in [9.17, 15) is 0 Å². The van der Waals surface area contributed by atoms with Crippen molar-refractivity contribution in [3.8, 4) is 0 Å². The third-order valence-electron chi connectivity index (χ3n) is 3.82. The Morgan fingerprint density at radius 3 is 2.86 bits per heavy atom. The molecule has 0 radical (unpaired) electrons. The third-order valence-corrected chi connectivity index (χ3v) is 3.82. The van der Waals surface area contributed by atoms with Crippen LogP contribution in [0.2, 0.25) is 0 Å². The van der Waals surface area contributed by atoms with Crippen molar-refractivity contribution in [3.63, 3.8) is 0 Å². The number of allylic oxidation sites excluding steroid dienone is 1. The monoisotopic (exact) mass is 194 g/mol. The second kappa shape index (κ2) is 3.35. The Balaban J connectivity index is 1.93. The lowest BCUT2D eigenvalue weighted by Crippen LogP contribution is -2.33. The predicted molar refractivity (Wildman–Crippen MR) is 53.9 cm³/mol. The second-order valence-corrected chi connectivity index (χ2v) is 4.63. The molecule has 2 nitrogen and oxygen atoms in total. The number of hydrogen-bond donors (Lipinski definition) is 0. The Morgan fingerprint density at radius 1 is 1.14 bits per heavy atom. The van der Waals surface area contributed by atoms with Crippen molar-refractivity contribution in [2.24, 2.45) is 5.92 Å². The van der Waals surface area contributed by atoms with Gasteiger partial charge in [-0.1, -0.05) is 12.5 Å². The first-order valence-corrected chi connectivity index (χ1v) is 5.89. The van der Waals surface area contributed by atoms with E-state index in [1.165, 1.54) is 37.7 Å². The fourth-order valence-corrected chi connectivity index (χ4v) is 3.19. The molecule has 0 aromatic rings. The summed E-state index contributed by atoms with van der Waals surface area (Å²) in [6.07, 6.45) is 9.96. The van der Waals surface area contributed by atoms with Gasteiger partial charge < -0.3 is 9.47 Å². The van der Waals surface area contributed by atoms with Crippen LogP contribution in [-0.2, 0) is 9.47 Å². The summed E-state index contributed by atoms with van der Waals surface area (Å²) in [5.74, 6) is 0.480. The van der Waals surface area contributed by atoms with Crippen LogP contribution in [0.25, 0.3) is 0 Å². The van der Waals surface area contributed by atoms with Crippen LogP contribution in [0.1, 0.15) is 38.5 Å². The smallest absolute Gasteiger partial charge is 0.191 e. The van der Waals surface area contributed by atoms with Gasteiger partial charge in [-0.25, -0.2) is 0 Å². The van der Waals surface area contributed by atoms with Gasteiger partial charge in [-0.3, -0.25) is 0 Å². The molecule has 2 aliphatic carbocycles. The molecule has 14 heavy (non-hydrogen) atoms. The van der Waals surface area contributed by atoms with Crippen molar-refractivity contribution in [2.45, 2.75) is 44.3 Å². The maximum Gasteiger partial charge on any atom is 0.191 e. The molecule has 0 N–H and O–H groups in total. The van der Waals surface area contributed by atoms with Gasteiger partial charge in [-0.15, -0.1) is 0 Å². The van der Waals surface area contributed by atoms with Crippen LogP contribution < -0.4 is 0 Å². The number of hydrogen-bond acceptors (Lipinski definition) is 2. The Hall–Kier alpha value is -0.340. The van der Waals surface area contributed by atoms with Gasteiger partial charge in [0, 0.05) is 6.42 Å². The fourth-order valence-electron chi connectivity index (χ4n) is 3.19. The van der Waals surface area contributed by atoms with Gasteiger partial charge in [-0.2, -0.15) is 0 Å². The molecule has 1 spiro atoms. The lowest BCUT2D eigenvalue weighted by atomic mass is 9.93. The van der Waals surface area contributed by atoms with Crippen LogP contribution in [0.5, 0.6) is 0 Å². The number of rotatable bonds is 0. The highest BCUT2D eigenvalue weighted by Crippen LogP contribution is 2.46. The van der Waals surface area contributed by atoms with E-state index in [0.717, 1.165) is 25.6 Å². The average molecular weight is 194 g/mol. The summed E-state index contributed by atoms with van der Waals surface area (Å²) in [5.41, 5.74) is 1.48. The molecule has 1 heterocycles. The Labute approximate surface area is 85.3 Å². The molecule has 1 aliphatic heterocycles. The third kappa shape index (κ3) is 1.24. The summed E-state index contributed by atoms with van der Waals surface area (Å²) < 4.78 is 11.8. The lowest BCUT2D eigenvalue weighted by Gasteiger charge is -2.30. The van der Waals surface area contributed by atoms with Gasteiger partial charge in [0.25, 0.3) is 0 Å². The van der Waals surface area contributed by atoms with Crippen molar-refractivity contribution in [2.75, 3.05) is 13.2 Å². The SMILES string of the molecule is C1=C2C(CC1)CCCCC21OCCO1. The molecular formula is C12H18O2. The van der Waals surface area contributed by atoms with Crippen LogP contribution in [0, 0.1) is 5.92 Å². The second-order valence-electron chi connectivity index (χ2n) is 4.63. The quantitative estimate of drug-likeness (QED) is 0.552. The Bertz CT molecular complexity index is 251. The molecular weight excluding hydrogens is 176 g/mol. The van der Waals surface area contributed by atoms with Crippen molar-refractivity contribution < 1.29 is 9.47 Å². The molecule has 0 bridgehead atoms. The number of ether oxygens (including phenoxy) is 2. The van der Waals surface area contributed by atoms with Gasteiger partial charge in [0.05, 0.1) is 13.2 Å². The maximum absolute atomic E-state index is 5.88. The van der Waals surface area contributed by atoms with Crippen LogP contribution >= 0.6 is 0 Å². The summed E-state index contributed by atoms with van der Waals surface area (Å²) in [7, 11) is 0. The molecule has 3 aliphatic rings. The normalized spacial score (nSPS) is 35.4. The Morgan fingerprint density at radius 2 is 2.00 bits per heavy atom. The van der Waals surface area contributed by atoms with Crippen LogP contribution in [0.4, 0.5) is 0 Å². The molecule has 1 saturated carbocycles. The minimum absolute atomic E-state index is 0.280. The molecule has 2 fully saturated rings. The molecule has 3 rings (SSSR count). The van der Waals surface area contributed by atoms with Crippen molar-refractivity contribution in [1.82, 2.24) is 0 Å². The van der Waals surface area contributed by atoms with E-state index >= 15 is 0 Å². The van der Waals surface area contributed by atoms with Crippen molar-refractivity contribution in [1.29, 1.82) is 0 Å². The fraction of sp³-hybridized carbons (Fsp3) is 0.833. The van der Waals surface area contributed by atoms with Gasteiger partial charge in [0.2, 0.25) is 0 Å². The molecule has 0 amide bonds. The zero-order chi connectivity index (χ0) is 9.43. The zero-order valence-electron chi connectivity index (χ0n) is 8.63. The molecule has 2 heteroatoms. The molecule has 0 aromatic heterocycles. The van der Waals surface area contributed by atoms with Crippen LogP contribution in [-0.4, -0.2) is 19.0 Å². The van der Waals surface area contributed by atoms with Gasteiger partial charge >= 0.3 is 0 Å². The van der Waals surface area contributed by atoms with E-state index < -0.39 is 0 Å². The number of fused-ring (bicyclic) bond motifs is 2. The molecule has 0 aromatic carbocycles. The van der Waals surface area contributed by atoms with Gasteiger partial charge in [0.1, 0.15) is 0 Å². The standard InChI is InChI=1S/C12H18O2/c1-2-7-12(13-8-9-14-12)11-6-3-5-10(11)4-1/h6,10H,1-5,7-9H2. The molecule has 78 valence electrons. The van der Waals surface area contributed by atoms with E-state index in [2.05, 4.69) is 6.08 Å². The first-order chi connectivity index (χ1) is 6.91. The zero-order valence-corrected chi connectivity index (χ0v) is 8.63. The molecule has 1 unspecified atom stereocenters. The highest BCUT2D eigenvalue weighted by atomic mass is 16.7. The van der Waals surface area contributed by atoms with E-state index in [4.69, 9.17) is 9.47 Å². The molecule has 1 atom stereocenters. The summed E-state index contributed by atoms with van der Waals surface area (Å²) in [6.45, 7) is 1.56. The van der Waals surface area contributed by atoms with E-state index in [-0.39, 0.29) is 5.79 Å². The topological polar surface area (TPSA) is 18.5 Å². The van der Waals surface area contributed by atoms with E-state index in [1.807, 2.05) is 0 Å². The lowest BCUT2D eigenvalue weighted by molar-refractivity contribution is -0.133. The first-order valence-electron chi connectivity index (χ1n) is 5.89. The molecule has 1 saturated heterocycles. The Kier molecular flexibility index (Phi) is 2.14. The van der Waals surface area contributed by atoms with E-state index in [0.29, 0.717) is 0 Å². The van der Waals surface area contributed by atoms with Crippen molar-refractivity contribution in [3.05, 3.63) is 11.6 Å². The largest absolute Gasteiger partial charge is 0.344 e. The van der Waals surface area contributed by atoms with Gasteiger partial charge in [0.15, 0.2) is 5.79 Å². The summed E-state index contributed by atoms with van der Waals surface area (Å²) in [4.78, 5) is 0. The minimum atomic E-state index is -0.280. The van der Waals surface area contributed by atoms with Crippen molar-refractivity contribution >= 4 is 0 Å². The summed E-state index contributed by atoms with van der Waals surface area (Å²) in [5, 5.41) is 0. The van der Waals surface area contributed by atoms with Crippen LogP contribution in [0.15, 0.2) is 11.6 Å². The maximum atomic E-state index is 5.88. The first kappa shape index (κ1) is 8.93. The highest BCUT2D eigenvalue weighted by molar-refractivity contribution is 5.23. The van der Waals surface area contributed by atoms with Gasteiger partial charge in [-0.05, 0) is 37.2 Å². The average Bonchev–Trinajstić information content (AvgIpc) is 2.77.